The summed E-state index contributed by atoms with van der Waals surface area (Å²) in [7, 11) is 0. The molecule has 0 aromatic heterocycles. The summed E-state index contributed by atoms with van der Waals surface area (Å²) in [5, 5.41) is 2.98. The Labute approximate surface area is 120 Å². The molecule has 108 valence electrons. The summed E-state index contributed by atoms with van der Waals surface area (Å²) in [6.45, 7) is 3.26. The lowest BCUT2D eigenvalue weighted by molar-refractivity contribution is -0.116. The van der Waals surface area contributed by atoms with Gasteiger partial charge in [-0.15, -0.1) is 0 Å². The molecular weight excluding hydrogens is 250 g/mol. The lowest BCUT2D eigenvalue weighted by Crippen LogP contribution is -2.28. The van der Waals surface area contributed by atoms with Crippen molar-refractivity contribution in [2.45, 2.75) is 51.5 Å². The Morgan fingerprint density at radius 2 is 2.15 bits per heavy atom. The van der Waals surface area contributed by atoms with Gasteiger partial charge in [-0.05, 0) is 43.4 Å². The van der Waals surface area contributed by atoms with E-state index in [0.29, 0.717) is 12.5 Å². The Hall–Kier alpha value is -1.71. The molecule has 1 aromatic rings. The molecule has 2 aliphatic rings. The molecule has 1 aromatic carbocycles. The highest BCUT2D eigenvalue weighted by Gasteiger charge is 2.30. The van der Waals surface area contributed by atoms with Crippen molar-refractivity contribution in [2.24, 2.45) is 0 Å². The summed E-state index contributed by atoms with van der Waals surface area (Å²) < 4.78 is 0. The molecule has 1 aliphatic heterocycles. The van der Waals surface area contributed by atoms with Gasteiger partial charge in [0.1, 0.15) is 0 Å². The second-order valence-corrected chi connectivity index (χ2v) is 5.89. The first kappa shape index (κ1) is 13.3. The van der Waals surface area contributed by atoms with E-state index >= 15 is 0 Å². The molecule has 0 saturated heterocycles. The van der Waals surface area contributed by atoms with E-state index in [2.05, 4.69) is 23.2 Å². The molecule has 1 fully saturated rings. The maximum absolute atomic E-state index is 11.6. The smallest absolute Gasteiger partial charge is 0.224 e. The standard InChI is InChI=1S/C16H23N3O/c1-2-3-8-19(12-5-6-12)15-10-14-11(9-13(15)17)4-7-16(20)18-14/h9-10,12H,2-8,17H2,1H3,(H,18,20). The maximum atomic E-state index is 11.6. The fraction of sp³-hybridized carbons (Fsp3) is 0.562. The number of amides is 1. The van der Waals surface area contributed by atoms with Crippen LogP contribution in [0.1, 0.15) is 44.6 Å². The van der Waals surface area contributed by atoms with Crippen molar-refractivity contribution in [3.63, 3.8) is 0 Å². The average Bonchev–Trinajstić information content (AvgIpc) is 3.25. The van der Waals surface area contributed by atoms with Crippen molar-refractivity contribution in [1.82, 2.24) is 0 Å². The van der Waals surface area contributed by atoms with Crippen LogP contribution in [0.3, 0.4) is 0 Å². The summed E-state index contributed by atoms with van der Waals surface area (Å²) >= 11 is 0. The largest absolute Gasteiger partial charge is 0.397 e. The van der Waals surface area contributed by atoms with E-state index in [1.165, 1.54) is 25.7 Å². The van der Waals surface area contributed by atoms with Crippen LogP contribution in [0.4, 0.5) is 17.1 Å². The van der Waals surface area contributed by atoms with E-state index < -0.39 is 0 Å². The third-order valence-corrected chi connectivity index (χ3v) is 4.20. The Kier molecular flexibility index (Phi) is 3.55. The molecule has 0 radical (unpaired) electrons. The molecule has 1 amide bonds. The molecule has 0 unspecified atom stereocenters. The van der Waals surface area contributed by atoms with E-state index in [4.69, 9.17) is 5.73 Å². The van der Waals surface area contributed by atoms with Crippen LogP contribution in [0.25, 0.3) is 0 Å². The Morgan fingerprint density at radius 3 is 2.85 bits per heavy atom. The van der Waals surface area contributed by atoms with Gasteiger partial charge in [-0.1, -0.05) is 13.3 Å². The molecule has 3 rings (SSSR count). The van der Waals surface area contributed by atoms with Crippen molar-refractivity contribution < 1.29 is 4.79 Å². The number of unbranched alkanes of at least 4 members (excludes halogenated alkanes) is 1. The summed E-state index contributed by atoms with van der Waals surface area (Å²) in [6, 6.07) is 4.77. The summed E-state index contributed by atoms with van der Waals surface area (Å²) in [5.74, 6) is 0.111. The number of nitrogen functional groups attached to an aromatic ring is 1. The summed E-state index contributed by atoms with van der Waals surface area (Å²) in [5.41, 5.74) is 10.3. The zero-order valence-electron chi connectivity index (χ0n) is 12.1. The lowest BCUT2D eigenvalue weighted by atomic mass is 10.0. The van der Waals surface area contributed by atoms with Crippen molar-refractivity contribution in [1.29, 1.82) is 0 Å². The molecular formula is C16H23N3O. The normalized spacial score (nSPS) is 17.6. The molecule has 0 bridgehead atoms. The second kappa shape index (κ2) is 5.35. The zero-order valence-corrected chi connectivity index (χ0v) is 12.1. The highest BCUT2D eigenvalue weighted by Crippen LogP contribution is 2.39. The quantitative estimate of drug-likeness (QED) is 0.811. The predicted molar refractivity (Wildman–Crippen MR) is 83.1 cm³/mol. The second-order valence-electron chi connectivity index (χ2n) is 5.89. The Balaban J connectivity index is 1.91. The lowest BCUT2D eigenvalue weighted by Gasteiger charge is -2.28. The van der Waals surface area contributed by atoms with Gasteiger partial charge in [0.05, 0.1) is 11.4 Å². The van der Waals surface area contributed by atoms with E-state index in [0.717, 1.165) is 35.6 Å². The van der Waals surface area contributed by atoms with Crippen LogP contribution in [-0.2, 0) is 11.2 Å². The number of fused-ring (bicyclic) bond motifs is 1. The van der Waals surface area contributed by atoms with Crippen molar-refractivity contribution >= 4 is 23.0 Å². The average molecular weight is 273 g/mol. The SMILES string of the molecule is CCCCN(c1cc2c(cc1N)CCC(=O)N2)C1CC1. The number of nitrogens with two attached hydrogens (primary N) is 1. The number of nitrogens with zero attached hydrogens (tertiary/aromatic N) is 1. The number of hydrogen-bond donors (Lipinski definition) is 2. The highest BCUT2D eigenvalue weighted by atomic mass is 16.1. The molecule has 20 heavy (non-hydrogen) atoms. The van der Waals surface area contributed by atoms with E-state index in [-0.39, 0.29) is 5.91 Å². The number of rotatable bonds is 5. The van der Waals surface area contributed by atoms with Gasteiger partial charge in [-0.2, -0.15) is 0 Å². The third kappa shape index (κ3) is 2.60. The van der Waals surface area contributed by atoms with Crippen molar-refractivity contribution in [2.75, 3.05) is 22.5 Å². The van der Waals surface area contributed by atoms with E-state index in [9.17, 15) is 4.79 Å². The van der Waals surface area contributed by atoms with Gasteiger partial charge in [0.25, 0.3) is 0 Å². The fourth-order valence-electron chi connectivity index (χ4n) is 2.90. The molecule has 4 heteroatoms. The molecule has 4 nitrogen and oxygen atoms in total. The van der Waals surface area contributed by atoms with Crippen molar-refractivity contribution in [3.05, 3.63) is 17.7 Å². The van der Waals surface area contributed by atoms with Crippen LogP contribution >= 0.6 is 0 Å². The number of carbonyl (C=O) groups excluding carboxylic acids is 1. The first-order chi connectivity index (χ1) is 9.69. The van der Waals surface area contributed by atoms with Crippen LogP contribution in [-0.4, -0.2) is 18.5 Å². The minimum Gasteiger partial charge on any atom is -0.397 e. The first-order valence-electron chi connectivity index (χ1n) is 7.68. The fourth-order valence-corrected chi connectivity index (χ4v) is 2.90. The van der Waals surface area contributed by atoms with Gasteiger partial charge >= 0.3 is 0 Å². The highest BCUT2D eigenvalue weighted by molar-refractivity contribution is 5.95. The topological polar surface area (TPSA) is 58.4 Å². The number of nitrogens with one attached hydrogen (secondary N) is 1. The van der Waals surface area contributed by atoms with Crippen LogP contribution < -0.4 is 16.0 Å². The minimum atomic E-state index is 0.111. The monoisotopic (exact) mass is 273 g/mol. The summed E-state index contributed by atoms with van der Waals surface area (Å²) in [4.78, 5) is 14.0. The molecule has 1 aliphatic carbocycles. The Morgan fingerprint density at radius 1 is 1.35 bits per heavy atom. The number of anilines is 3. The zero-order chi connectivity index (χ0) is 14.1. The molecule has 3 N–H and O–H groups in total. The van der Waals surface area contributed by atoms with Crippen LogP contribution in [0.2, 0.25) is 0 Å². The molecule has 1 heterocycles. The van der Waals surface area contributed by atoms with Crippen LogP contribution in [0.15, 0.2) is 12.1 Å². The number of benzene rings is 1. The van der Waals surface area contributed by atoms with Gasteiger partial charge in [0.15, 0.2) is 0 Å². The summed E-state index contributed by atoms with van der Waals surface area (Å²) in [6.07, 6.45) is 6.24. The number of aryl methyl sites for hydroxylation is 1. The molecule has 0 spiro atoms. The molecule has 0 atom stereocenters. The van der Waals surface area contributed by atoms with Crippen LogP contribution in [0, 0.1) is 0 Å². The third-order valence-electron chi connectivity index (χ3n) is 4.20. The van der Waals surface area contributed by atoms with Gasteiger partial charge in [-0.25, -0.2) is 0 Å². The Bertz CT molecular complexity index is 523. The van der Waals surface area contributed by atoms with E-state index in [1.54, 1.807) is 0 Å². The predicted octanol–water partition coefficient (Wildman–Crippen LogP) is 2.92. The van der Waals surface area contributed by atoms with Crippen molar-refractivity contribution in [3.8, 4) is 0 Å². The van der Waals surface area contributed by atoms with Gasteiger partial charge in [0, 0.05) is 24.7 Å². The van der Waals surface area contributed by atoms with Gasteiger partial charge < -0.3 is 16.0 Å². The number of carbonyl (C=O) groups is 1. The van der Waals surface area contributed by atoms with Gasteiger partial charge in [-0.3, -0.25) is 4.79 Å². The maximum Gasteiger partial charge on any atom is 0.224 e. The van der Waals surface area contributed by atoms with Crippen LogP contribution in [0.5, 0.6) is 0 Å². The number of hydrogen-bond acceptors (Lipinski definition) is 3. The molecule has 1 saturated carbocycles. The van der Waals surface area contributed by atoms with Gasteiger partial charge in [0.2, 0.25) is 5.91 Å². The first-order valence-corrected chi connectivity index (χ1v) is 7.68. The van der Waals surface area contributed by atoms with E-state index in [1.807, 2.05) is 6.07 Å². The minimum absolute atomic E-state index is 0.111.